The number of esters is 1. The molecule has 0 fully saturated rings. The SMILES string of the molecule is CCOC(=O)c1c(/N=C/c2c(C)c(C#N)c3[nH]c4ccccc4n3c2=O)sc2c1CCCC2. The van der Waals surface area contributed by atoms with E-state index in [0.717, 1.165) is 41.6 Å². The van der Waals surface area contributed by atoms with Gasteiger partial charge in [-0.2, -0.15) is 5.26 Å². The predicted octanol–water partition coefficient (Wildman–Crippen LogP) is 4.83. The molecule has 0 atom stereocenters. The highest BCUT2D eigenvalue weighted by Gasteiger charge is 2.26. The van der Waals surface area contributed by atoms with E-state index in [-0.39, 0.29) is 18.1 Å². The van der Waals surface area contributed by atoms with Crippen LogP contribution < -0.4 is 5.56 Å². The molecule has 3 aromatic heterocycles. The zero-order chi connectivity index (χ0) is 23.1. The highest BCUT2D eigenvalue weighted by atomic mass is 32.1. The van der Waals surface area contributed by atoms with Crippen LogP contribution in [-0.2, 0) is 17.6 Å². The molecule has 0 radical (unpaired) electrons. The van der Waals surface area contributed by atoms with Crippen LogP contribution in [0.3, 0.4) is 0 Å². The molecular weight excluding hydrogens is 436 g/mol. The molecule has 0 amide bonds. The molecule has 0 unspecified atom stereocenters. The van der Waals surface area contributed by atoms with E-state index < -0.39 is 0 Å². The molecule has 0 bridgehead atoms. The Morgan fingerprint density at radius 1 is 1.33 bits per heavy atom. The summed E-state index contributed by atoms with van der Waals surface area (Å²) >= 11 is 1.49. The number of carbonyl (C=O) groups excluding carboxylic acids is 1. The molecule has 0 saturated heterocycles. The molecule has 4 aromatic rings. The van der Waals surface area contributed by atoms with Crippen LogP contribution in [0.4, 0.5) is 5.00 Å². The van der Waals surface area contributed by atoms with E-state index in [1.807, 2.05) is 24.3 Å². The average Bonchev–Trinajstić information content (AvgIpc) is 3.38. The monoisotopic (exact) mass is 458 g/mol. The second kappa shape index (κ2) is 8.34. The second-order valence-electron chi connectivity index (χ2n) is 8.03. The Balaban J connectivity index is 1.71. The summed E-state index contributed by atoms with van der Waals surface area (Å²) < 4.78 is 6.83. The number of aryl methyl sites for hydroxylation is 1. The number of imidazole rings is 1. The van der Waals surface area contributed by atoms with Gasteiger partial charge in [-0.1, -0.05) is 12.1 Å². The number of thiophene rings is 1. The van der Waals surface area contributed by atoms with Crippen molar-refractivity contribution in [2.45, 2.75) is 39.5 Å². The van der Waals surface area contributed by atoms with Crippen molar-refractivity contribution in [3.05, 3.63) is 67.3 Å². The zero-order valence-electron chi connectivity index (χ0n) is 18.4. The summed E-state index contributed by atoms with van der Waals surface area (Å²) in [4.78, 5) is 35.2. The number of benzene rings is 1. The predicted molar refractivity (Wildman–Crippen MR) is 129 cm³/mol. The first kappa shape index (κ1) is 21.2. The number of hydrogen-bond acceptors (Lipinski definition) is 6. The molecule has 5 rings (SSSR count). The Bertz CT molecular complexity index is 1550. The summed E-state index contributed by atoms with van der Waals surface area (Å²) in [7, 11) is 0. The Kier molecular flexibility index (Phi) is 5.35. The fourth-order valence-corrected chi connectivity index (χ4v) is 5.75. The van der Waals surface area contributed by atoms with Crippen molar-refractivity contribution in [1.82, 2.24) is 9.38 Å². The number of nitrogens with one attached hydrogen (secondary N) is 1. The lowest BCUT2D eigenvalue weighted by Gasteiger charge is -2.11. The lowest BCUT2D eigenvalue weighted by Crippen LogP contribution is -2.20. The normalized spacial score (nSPS) is 13.5. The van der Waals surface area contributed by atoms with Crippen LogP contribution in [0.15, 0.2) is 34.1 Å². The maximum absolute atomic E-state index is 13.5. The topological polar surface area (TPSA) is 99.7 Å². The maximum Gasteiger partial charge on any atom is 0.341 e. The molecule has 0 saturated carbocycles. The smallest absolute Gasteiger partial charge is 0.341 e. The lowest BCUT2D eigenvalue weighted by molar-refractivity contribution is 0.0526. The van der Waals surface area contributed by atoms with Crippen molar-refractivity contribution in [1.29, 1.82) is 5.26 Å². The molecule has 33 heavy (non-hydrogen) atoms. The third-order valence-corrected chi connectivity index (χ3v) is 7.33. The van der Waals surface area contributed by atoms with Gasteiger partial charge in [-0.05, 0) is 62.8 Å². The van der Waals surface area contributed by atoms with E-state index in [9.17, 15) is 14.9 Å². The van der Waals surface area contributed by atoms with Crippen LogP contribution >= 0.6 is 11.3 Å². The Morgan fingerprint density at radius 3 is 2.91 bits per heavy atom. The first-order valence-corrected chi connectivity index (χ1v) is 11.8. The van der Waals surface area contributed by atoms with Crippen molar-refractivity contribution in [2.24, 2.45) is 4.99 Å². The number of ether oxygens (including phenoxy) is 1. The Labute approximate surface area is 194 Å². The summed E-state index contributed by atoms with van der Waals surface area (Å²) in [6.07, 6.45) is 5.36. The van der Waals surface area contributed by atoms with Crippen LogP contribution in [-0.4, -0.2) is 28.2 Å². The van der Waals surface area contributed by atoms with E-state index in [4.69, 9.17) is 4.74 Å². The number of rotatable bonds is 4. The fourth-order valence-electron chi connectivity index (χ4n) is 4.52. The van der Waals surface area contributed by atoms with E-state index >= 15 is 0 Å². The zero-order valence-corrected chi connectivity index (χ0v) is 19.2. The van der Waals surface area contributed by atoms with Gasteiger partial charge in [0.15, 0.2) is 0 Å². The number of nitrogens with zero attached hydrogens (tertiary/aromatic N) is 3. The van der Waals surface area contributed by atoms with Gasteiger partial charge in [0.2, 0.25) is 0 Å². The molecule has 7 nitrogen and oxygen atoms in total. The van der Waals surface area contributed by atoms with Crippen LogP contribution in [0.5, 0.6) is 0 Å². The molecular formula is C25H22N4O3S. The summed E-state index contributed by atoms with van der Waals surface area (Å²) in [5.41, 5.74) is 4.49. The number of hydrogen-bond donors (Lipinski definition) is 1. The fraction of sp³-hybridized carbons (Fsp3) is 0.280. The number of fused-ring (bicyclic) bond motifs is 4. The van der Waals surface area contributed by atoms with Crippen LogP contribution in [0.1, 0.15) is 57.3 Å². The average molecular weight is 459 g/mol. The van der Waals surface area contributed by atoms with Crippen LogP contribution in [0.2, 0.25) is 0 Å². The van der Waals surface area contributed by atoms with Gasteiger partial charge in [0.05, 0.1) is 34.3 Å². The Morgan fingerprint density at radius 2 is 2.12 bits per heavy atom. The van der Waals surface area contributed by atoms with E-state index in [1.165, 1.54) is 22.0 Å². The van der Waals surface area contributed by atoms with Gasteiger partial charge in [0.25, 0.3) is 5.56 Å². The summed E-state index contributed by atoms with van der Waals surface area (Å²) in [6.45, 7) is 3.82. The van der Waals surface area contributed by atoms with Crippen molar-refractivity contribution in [3.63, 3.8) is 0 Å². The minimum Gasteiger partial charge on any atom is -0.462 e. The molecule has 166 valence electrons. The third kappa shape index (κ3) is 3.36. The highest BCUT2D eigenvalue weighted by molar-refractivity contribution is 7.16. The van der Waals surface area contributed by atoms with Crippen molar-refractivity contribution < 1.29 is 9.53 Å². The first-order chi connectivity index (χ1) is 16.0. The molecule has 1 aliphatic rings. The highest BCUT2D eigenvalue weighted by Crippen LogP contribution is 2.40. The molecule has 8 heteroatoms. The van der Waals surface area contributed by atoms with Gasteiger partial charge in [0.1, 0.15) is 16.7 Å². The number of carbonyl (C=O) groups is 1. The largest absolute Gasteiger partial charge is 0.462 e. The number of H-pyrrole nitrogens is 1. The number of nitriles is 1. The number of pyridine rings is 1. The molecule has 0 spiro atoms. The standard InChI is InChI=1S/C25H22N4O3S/c1-3-32-25(31)21-15-8-4-7-11-20(15)33-23(21)27-13-17-14(2)16(12-26)22-28-18-9-5-6-10-19(18)29(22)24(17)30/h5-6,9-10,13,28H,3-4,7-8,11H2,1-2H3/b27-13+. The lowest BCUT2D eigenvalue weighted by atomic mass is 9.95. The number of para-hydroxylation sites is 2. The minimum absolute atomic E-state index is 0.262. The van der Waals surface area contributed by atoms with Gasteiger partial charge < -0.3 is 9.72 Å². The van der Waals surface area contributed by atoms with Crippen molar-refractivity contribution >= 4 is 45.2 Å². The minimum atomic E-state index is -0.373. The summed E-state index contributed by atoms with van der Waals surface area (Å²) in [5.74, 6) is -0.373. The van der Waals surface area contributed by atoms with Crippen LogP contribution in [0, 0.1) is 18.3 Å². The molecule has 1 N–H and O–H groups in total. The van der Waals surface area contributed by atoms with Gasteiger partial charge >= 0.3 is 5.97 Å². The quantitative estimate of drug-likeness (QED) is 0.350. The van der Waals surface area contributed by atoms with Gasteiger partial charge in [0, 0.05) is 11.1 Å². The van der Waals surface area contributed by atoms with Crippen molar-refractivity contribution in [2.75, 3.05) is 6.61 Å². The first-order valence-electron chi connectivity index (χ1n) is 11.0. The molecule has 1 aromatic carbocycles. The molecule has 1 aliphatic carbocycles. The number of aromatic amines is 1. The maximum atomic E-state index is 13.5. The number of aromatic nitrogens is 2. The van der Waals surface area contributed by atoms with Crippen molar-refractivity contribution in [3.8, 4) is 6.07 Å². The molecule has 0 aliphatic heterocycles. The van der Waals surface area contributed by atoms with Gasteiger partial charge in [-0.15, -0.1) is 11.3 Å². The summed E-state index contributed by atoms with van der Waals surface area (Å²) in [6, 6.07) is 9.66. The van der Waals surface area contributed by atoms with Gasteiger partial charge in [-0.25, -0.2) is 9.79 Å². The van der Waals surface area contributed by atoms with Crippen LogP contribution in [0.25, 0.3) is 16.7 Å². The molecule has 3 heterocycles. The van der Waals surface area contributed by atoms with Gasteiger partial charge in [-0.3, -0.25) is 9.20 Å². The second-order valence-corrected chi connectivity index (χ2v) is 9.11. The number of aliphatic imine (C=N–C) groups is 1. The third-order valence-electron chi connectivity index (χ3n) is 6.13. The van der Waals surface area contributed by atoms with E-state index in [2.05, 4.69) is 16.0 Å². The Hall–Kier alpha value is -3.70. The van der Waals surface area contributed by atoms with E-state index in [1.54, 1.807) is 13.8 Å². The van der Waals surface area contributed by atoms with E-state index in [0.29, 0.717) is 38.4 Å². The summed E-state index contributed by atoms with van der Waals surface area (Å²) in [5, 5.41) is 10.4.